The highest BCUT2D eigenvalue weighted by atomic mass is 79.9. The van der Waals surface area contributed by atoms with Gasteiger partial charge in [-0.05, 0) is 38.4 Å². The first-order chi connectivity index (χ1) is 9.16. The van der Waals surface area contributed by atoms with Crippen LogP contribution in [0.4, 0.5) is 0 Å². The second-order valence-electron chi connectivity index (χ2n) is 5.18. The molecule has 1 aliphatic rings. The smallest absolute Gasteiger partial charge is 0.182 e. The molecule has 0 bridgehead atoms. The van der Waals surface area contributed by atoms with Gasteiger partial charge in [-0.25, -0.2) is 0 Å². The predicted molar refractivity (Wildman–Crippen MR) is 80.7 cm³/mol. The Kier molecular flexibility index (Phi) is 3.46. The van der Waals surface area contributed by atoms with Crippen molar-refractivity contribution in [3.63, 3.8) is 0 Å². The van der Waals surface area contributed by atoms with Crippen molar-refractivity contribution in [1.29, 1.82) is 0 Å². The van der Waals surface area contributed by atoms with Gasteiger partial charge in [-0.1, -0.05) is 28.4 Å². The molecule has 2 heterocycles. The third-order valence-corrected chi connectivity index (χ3v) is 4.31. The largest absolute Gasteiger partial charge is 0.358 e. The first-order valence-corrected chi connectivity index (χ1v) is 7.51. The molecule has 100 valence electrons. The van der Waals surface area contributed by atoms with Crippen LogP contribution in [0.3, 0.4) is 0 Å². The van der Waals surface area contributed by atoms with Gasteiger partial charge in [-0.3, -0.25) is 4.79 Å². The van der Waals surface area contributed by atoms with Gasteiger partial charge in [0.05, 0.1) is 6.04 Å². The Morgan fingerprint density at radius 2 is 2.21 bits per heavy atom. The van der Waals surface area contributed by atoms with Crippen LogP contribution in [-0.4, -0.2) is 23.4 Å². The molecule has 1 unspecified atom stereocenters. The zero-order valence-electron chi connectivity index (χ0n) is 10.9. The maximum atomic E-state index is 12.7. The highest BCUT2D eigenvalue weighted by Crippen LogP contribution is 2.27. The van der Waals surface area contributed by atoms with E-state index in [-0.39, 0.29) is 11.8 Å². The summed E-state index contributed by atoms with van der Waals surface area (Å²) in [6.45, 7) is 2.92. The van der Waals surface area contributed by atoms with Crippen molar-refractivity contribution in [3.05, 3.63) is 33.9 Å². The number of carbonyl (C=O) groups is 1. The fourth-order valence-corrected chi connectivity index (χ4v) is 3.23. The van der Waals surface area contributed by atoms with Crippen molar-refractivity contribution in [2.24, 2.45) is 0 Å². The Morgan fingerprint density at radius 1 is 1.37 bits per heavy atom. The predicted octanol–water partition coefficient (Wildman–Crippen LogP) is 3.56. The van der Waals surface area contributed by atoms with E-state index in [1.165, 1.54) is 6.42 Å². The number of aryl methyl sites for hydroxylation is 1. The van der Waals surface area contributed by atoms with Gasteiger partial charge < -0.3 is 10.3 Å². The van der Waals surface area contributed by atoms with Crippen molar-refractivity contribution in [2.45, 2.75) is 32.2 Å². The van der Waals surface area contributed by atoms with Gasteiger partial charge in [0.15, 0.2) is 5.78 Å². The van der Waals surface area contributed by atoms with E-state index in [1.807, 2.05) is 25.1 Å². The molecule has 0 saturated carbocycles. The average molecular weight is 321 g/mol. The summed E-state index contributed by atoms with van der Waals surface area (Å²) in [6.07, 6.45) is 3.25. The van der Waals surface area contributed by atoms with E-state index in [9.17, 15) is 4.79 Å². The van der Waals surface area contributed by atoms with Crippen molar-refractivity contribution in [1.82, 2.24) is 10.3 Å². The number of fused-ring (bicyclic) bond motifs is 1. The summed E-state index contributed by atoms with van der Waals surface area (Å²) in [5, 5.41) is 4.36. The third kappa shape index (κ3) is 2.35. The number of aromatic amines is 1. The van der Waals surface area contributed by atoms with Crippen LogP contribution < -0.4 is 5.32 Å². The minimum atomic E-state index is -0.0184. The van der Waals surface area contributed by atoms with Gasteiger partial charge >= 0.3 is 0 Å². The summed E-state index contributed by atoms with van der Waals surface area (Å²) in [4.78, 5) is 16.0. The summed E-state index contributed by atoms with van der Waals surface area (Å²) in [5.74, 6) is 0.228. The molecule has 2 aromatic rings. The quantitative estimate of drug-likeness (QED) is 0.831. The Balaban J connectivity index is 2.03. The summed E-state index contributed by atoms with van der Waals surface area (Å²) < 4.78 is 1.02. The first kappa shape index (κ1) is 12.9. The van der Waals surface area contributed by atoms with Crippen LogP contribution in [0.2, 0.25) is 0 Å². The van der Waals surface area contributed by atoms with Gasteiger partial charge in [-0.2, -0.15) is 0 Å². The molecule has 2 N–H and O–H groups in total. The van der Waals surface area contributed by atoms with Crippen LogP contribution in [0.1, 0.15) is 35.3 Å². The molecular formula is C15H17BrN2O. The summed E-state index contributed by atoms with van der Waals surface area (Å²) >= 11 is 3.46. The topological polar surface area (TPSA) is 44.9 Å². The zero-order valence-corrected chi connectivity index (χ0v) is 12.5. The fourth-order valence-electron chi connectivity index (χ4n) is 2.87. The molecule has 1 atom stereocenters. The van der Waals surface area contributed by atoms with Crippen molar-refractivity contribution >= 4 is 32.6 Å². The van der Waals surface area contributed by atoms with Crippen LogP contribution in [0.5, 0.6) is 0 Å². The molecular weight excluding hydrogens is 304 g/mol. The second-order valence-corrected chi connectivity index (χ2v) is 6.10. The van der Waals surface area contributed by atoms with E-state index in [0.717, 1.165) is 46.0 Å². The number of hydrogen-bond acceptors (Lipinski definition) is 2. The van der Waals surface area contributed by atoms with Crippen molar-refractivity contribution in [3.8, 4) is 0 Å². The monoisotopic (exact) mass is 320 g/mol. The first-order valence-electron chi connectivity index (χ1n) is 6.72. The zero-order chi connectivity index (χ0) is 13.4. The number of hydrogen-bond donors (Lipinski definition) is 2. The molecule has 1 saturated heterocycles. The highest BCUT2D eigenvalue weighted by Gasteiger charge is 2.25. The van der Waals surface area contributed by atoms with Gasteiger partial charge in [0.2, 0.25) is 0 Å². The Labute approximate surface area is 120 Å². The van der Waals surface area contributed by atoms with E-state index in [4.69, 9.17) is 0 Å². The molecule has 1 fully saturated rings. The van der Waals surface area contributed by atoms with Crippen LogP contribution in [0.25, 0.3) is 10.9 Å². The van der Waals surface area contributed by atoms with Crippen LogP contribution >= 0.6 is 15.9 Å². The van der Waals surface area contributed by atoms with E-state index >= 15 is 0 Å². The summed E-state index contributed by atoms with van der Waals surface area (Å²) in [7, 11) is 0. The van der Waals surface area contributed by atoms with Crippen LogP contribution in [0.15, 0.2) is 22.7 Å². The molecule has 3 rings (SSSR count). The molecule has 0 amide bonds. The lowest BCUT2D eigenvalue weighted by Crippen LogP contribution is -2.40. The lowest BCUT2D eigenvalue weighted by molar-refractivity contribution is 0.0928. The number of halogens is 1. The number of piperidine rings is 1. The Morgan fingerprint density at radius 3 is 2.95 bits per heavy atom. The maximum Gasteiger partial charge on any atom is 0.182 e. The summed E-state index contributed by atoms with van der Waals surface area (Å²) in [6, 6.07) is 6.00. The number of benzene rings is 1. The van der Waals surface area contributed by atoms with Crippen molar-refractivity contribution in [2.75, 3.05) is 6.54 Å². The summed E-state index contributed by atoms with van der Waals surface area (Å²) in [5.41, 5.74) is 2.83. The normalized spacial score (nSPS) is 19.8. The number of H-pyrrole nitrogens is 1. The third-order valence-electron chi connectivity index (χ3n) is 3.82. The Bertz CT molecular complexity index is 626. The van der Waals surface area contributed by atoms with E-state index < -0.39 is 0 Å². The maximum absolute atomic E-state index is 12.7. The molecule has 1 aliphatic heterocycles. The number of nitrogens with one attached hydrogen (secondary N) is 2. The fraction of sp³-hybridized carbons (Fsp3) is 0.400. The van der Waals surface area contributed by atoms with E-state index in [2.05, 4.69) is 26.2 Å². The van der Waals surface area contributed by atoms with E-state index in [0.29, 0.717) is 0 Å². The minimum Gasteiger partial charge on any atom is -0.358 e. The molecule has 0 radical (unpaired) electrons. The number of Topliss-reactive ketones (excluding diaryl/α,β-unsaturated/α-hetero) is 1. The molecule has 0 aliphatic carbocycles. The number of aromatic nitrogens is 1. The van der Waals surface area contributed by atoms with Gasteiger partial charge in [0.1, 0.15) is 0 Å². The van der Waals surface area contributed by atoms with Crippen LogP contribution in [-0.2, 0) is 0 Å². The van der Waals surface area contributed by atoms with Crippen LogP contribution in [0, 0.1) is 6.92 Å². The molecule has 1 aromatic heterocycles. The molecule has 19 heavy (non-hydrogen) atoms. The second kappa shape index (κ2) is 5.10. The highest BCUT2D eigenvalue weighted by molar-refractivity contribution is 9.10. The number of ketones is 1. The minimum absolute atomic E-state index is 0.0184. The van der Waals surface area contributed by atoms with Gasteiger partial charge in [0, 0.05) is 26.6 Å². The molecule has 0 spiro atoms. The average Bonchev–Trinajstić information content (AvgIpc) is 2.74. The molecule has 4 heteroatoms. The van der Waals surface area contributed by atoms with E-state index in [1.54, 1.807) is 0 Å². The lowest BCUT2D eigenvalue weighted by atomic mass is 9.95. The Hall–Kier alpha value is -1.13. The SMILES string of the molecule is Cc1[nH]c2cc(Br)ccc2c1C(=O)C1CCCCN1. The molecule has 1 aromatic carbocycles. The number of carbonyl (C=O) groups excluding carboxylic acids is 1. The van der Waals surface area contributed by atoms with Gasteiger partial charge in [0.25, 0.3) is 0 Å². The molecule has 3 nitrogen and oxygen atoms in total. The van der Waals surface area contributed by atoms with Crippen molar-refractivity contribution < 1.29 is 4.79 Å². The lowest BCUT2D eigenvalue weighted by Gasteiger charge is -2.22. The standard InChI is InChI=1S/C15H17BrN2O/c1-9-14(15(19)12-4-2-3-7-17-12)11-6-5-10(16)8-13(11)18-9/h5-6,8,12,17-18H,2-4,7H2,1H3. The van der Waals surface area contributed by atoms with Gasteiger partial charge in [-0.15, -0.1) is 0 Å². The number of rotatable bonds is 2.